The largest absolute Gasteiger partial charge is 0.384 e. The fourth-order valence-corrected chi connectivity index (χ4v) is 2.65. The van der Waals surface area contributed by atoms with Gasteiger partial charge in [-0.15, -0.1) is 0 Å². The van der Waals surface area contributed by atoms with Crippen LogP contribution in [-0.2, 0) is 11.2 Å². The van der Waals surface area contributed by atoms with Crippen LogP contribution in [0, 0.1) is 5.92 Å². The lowest BCUT2D eigenvalue weighted by Crippen LogP contribution is -2.41. The van der Waals surface area contributed by atoms with Crippen molar-refractivity contribution >= 4 is 11.6 Å². The lowest BCUT2D eigenvalue weighted by Gasteiger charge is -2.26. The average Bonchev–Trinajstić information content (AvgIpc) is 2.51. The van der Waals surface area contributed by atoms with Gasteiger partial charge in [-0.2, -0.15) is 0 Å². The Balaban J connectivity index is 1.80. The van der Waals surface area contributed by atoms with Gasteiger partial charge in [-0.05, 0) is 31.1 Å². The molecule has 110 valence electrons. The van der Waals surface area contributed by atoms with E-state index in [4.69, 9.17) is 0 Å². The van der Waals surface area contributed by atoms with E-state index in [1.54, 1.807) is 0 Å². The van der Waals surface area contributed by atoms with Gasteiger partial charge in [-0.1, -0.05) is 32.0 Å². The Morgan fingerprint density at radius 2 is 2.10 bits per heavy atom. The van der Waals surface area contributed by atoms with Gasteiger partial charge in [0, 0.05) is 25.3 Å². The first kappa shape index (κ1) is 14.9. The van der Waals surface area contributed by atoms with Crippen molar-refractivity contribution < 1.29 is 4.79 Å². The quantitative estimate of drug-likeness (QED) is 0.831. The minimum absolute atomic E-state index is 0.0432. The van der Waals surface area contributed by atoms with Crippen molar-refractivity contribution in [2.24, 2.45) is 5.92 Å². The number of likely N-dealkylation sites (N-methyl/N-ethyl adjacent to an activating group) is 1. The maximum Gasteiger partial charge on any atom is 0.225 e. The number of amides is 1. The van der Waals surface area contributed by atoms with E-state index in [0.717, 1.165) is 39.1 Å². The molecular formula is C16H25N3O. The highest BCUT2D eigenvalue weighted by molar-refractivity contribution is 5.80. The van der Waals surface area contributed by atoms with Crippen LogP contribution in [0.25, 0.3) is 0 Å². The monoisotopic (exact) mass is 275 g/mol. The van der Waals surface area contributed by atoms with Crippen LogP contribution in [0.5, 0.6) is 0 Å². The lowest BCUT2D eigenvalue weighted by molar-refractivity contribution is -0.124. The van der Waals surface area contributed by atoms with Crippen LogP contribution in [0.2, 0.25) is 0 Å². The highest BCUT2D eigenvalue weighted by atomic mass is 16.1. The molecule has 0 bridgehead atoms. The van der Waals surface area contributed by atoms with Gasteiger partial charge in [0.25, 0.3) is 0 Å². The van der Waals surface area contributed by atoms with Crippen LogP contribution in [0.1, 0.15) is 19.4 Å². The van der Waals surface area contributed by atoms with Gasteiger partial charge < -0.3 is 15.5 Å². The van der Waals surface area contributed by atoms with Gasteiger partial charge in [0.2, 0.25) is 5.91 Å². The fraction of sp³-hybridized carbons (Fsp3) is 0.562. The van der Waals surface area contributed by atoms with Crippen molar-refractivity contribution in [1.82, 2.24) is 10.2 Å². The zero-order chi connectivity index (χ0) is 14.4. The molecule has 1 aliphatic heterocycles. The van der Waals surface area contributed by atoms with Crippen molar-refractivity contribution in [2.75, 3.05) is 38.0 Å². The molecule has 0 fully saturated rings. The first-order chi connectivity index (χ1) is 9.74. The number of carbonyl (C=O) groups is 1. The van der Waals surface area contributed by atoms with E-state index in [2.05, 4.69) is 41.5 Å². The molecule has 2 rings (SSSR count). The van der Waals surface area contributed by atoms with Crippen LogP contribution in [0.15, 0.2) is 24.3 Å². The molecule has 1 aromatic carbocycles. The topological polar surface area (TPSA) is 44.4 Å². The molecule has 0 spiro atoms. The van der Waals surface area contributed by atoms with E-state index in [-0.39, 0.29) is 11.8 Å². The summed E-state index contributed by atoms with van der Waals surface area (Å²) in [5, 5.41) is 6.41. The summed E-state index contributed by atoms with van der Waals surface area (Å²) in [5.41, 5.74) is 2.40. The number of carbonyl (C=O) groups excluding carboxylic acids is 1. The van der Waals surface area contributed by atoms with Crippen LogP contribution < -0.4 is 10.6 Å². The van der Waals surface area contributed by atoms with E-state index in [1.165, 1.54) is 11.3 Å². The predicted molar refractivity (Wildman–Crippen MR) is 82.9 cm³/mol. The number of rotatable bonds is 6. The SMILES string of the molecule is CCN(CC)CCNC(=O)C1CNc2ccccc2C1. The van der Waals surface area contributed by atoms with Gasteiger partial charge >= 0.3 is 0 Å². The molecule has 0 radical (unpaired) electrons. The smallest absolute Gasteiger partial charge is 0.225 e. The molecule has 4 nitrogen and oxygen atoms in total. The van der Waals surface area contributed by atoms with E-state index in [1.807, 2.05) is 12.1 Å². The van der Waals surface area contributed by atoms with Crippen molar-refractivity contribution in [3.8, 4) is 0 Å². The van der Waals surface area contributed by atoms with Gasteiger partial charge in [0.05, 0.1) is 5.92 Å². The van der Waals surface area contributed by atoms with Crippen molar-refractivity contribution in [1.29, 1.82) is 0 Å². The number of nitrogens with one attached hydrogen (secondary N) is 2. The summed E-state index contributed by atoms with van der Waals surface area (Å²) in [7, 11) is 0. The molecule has 4 heteroatoms. The summed E-state index contributed by atoms with van der Waals surface area (Å²) in [6.07, 6.45) is 0.834. The molecule has 0 saturated heterocycles. The van der Waals surface area contributed by atoms with E-state index in [9.17, 15) is 4.79 Å². The second-order valence-corrected chi connectivity index (χ2v) is 5.26. The number of nitrogens with zero attached hydrogens (tertiary/aromatic N) is 1. The van der Waals surface area contributed by atoms with Gasteiger partial charge in [-0.3, -0.25) is 4.79 Å². The maximum atomic E-state index is 12.2. The number of fused-ring (bicyclic) bond motifs is 1. The third-order valence-electron chi connectivity index (χ3n) is 4.02. The van der Waals surface area contributed by atoms with Crippen LogP contribution in [0.3, 0.4) is 0 Å². The molecule has 1 aromatic rings. The molecule has 1 atom stereocenters. The maximum absolute atomic E-state index is 12.2. The van der Waals surface area contributed by atoms with Crippen LogP contribution in [-0.4, -0.2) is 43.5 Å². The fourth-order valence-electron chi connectivity index (χ4n) is 2.65. The Morgan fingerprint density at radius 3 is 2.85 bits per heavy atom. The molecule has 20 heavy (non-hydrogen) atoms. The highest BCUT2D eigenvalue weighted by Crippen LogP contribution is 2.24. The minimum atomic E-state index is 0.0432. The van der Waals surface area contributed by atoms with Gasteiger partial charge in [0.1, 0.15) is 0 Å². The van der Waals surface area contributed by atoms with Crippen LogP contribution in [0.4, 0.5) is 5.69 Å². The number of hydrogen-bond donors (Lipinski definition) is 2. The molecule has 1 amide bonds. The predicted octanol–water partition coefficient (Wildman–Crippen LogP) is 1.73. The van der Waals surface area contributed by atoms with Crippen molar-refractivity contribution in [3.05, 3.63) is 29.8 Å². The molecule has 1 aliphatic rings. The molecule has 0 aromatic heterocycles. The van der Waals surface area contributed by atoms with Gasteiger partial charge in [0.15, 0.2) is 0 Å². The summed E-state index contributed by atoms with van der Waals surface area (Å²) in [4.78, 5) is 14.5. The van der Waals surface area contributed by atoms with E-state index in [0.29, 0.717) is 0 Å². The second-order valence-electron chi connectivity index (χ2n) is 5.26. The Kier molecular flexibility index (Phi) is 5.41. The van der Waals surface area contributed by atoms with Crippen molar-refractivity contribution in [3.63, 3.8) is 0 Å². The Hall–Kier alpha value is -1.55. The molecule has 1 unspecified atom stereocenters. The normalized spacial score (nSPS) is 17.4. The minimum Gasteiger partial charge on any atom is -0.384 e. The molecule has 0 aliphatic carbocycles. The van der Waals surface area contributed by atoms with E-state index >= 15 is 0 Å². The first-order valence-corrected chi connectivity index (χ1v) is 7.56. The van der Waals surface area contributed by atoms with E-state index < -0.39 is 0 Å². The first-order valence-electron chi connectivity index (χ1n) is 7.56. The summed E-state index contributed by atoms with van der Waals surface area (Å²) in [6.45, 7) is 8.75. The van der Waals surface area contributed by atoms with Gasteiger partial charge in [-0.25, -0.2) is 0 Å². The zero-order valence-electron chi connectivity index (χ0n) is 12.5. The standard InChI is InChI=1S/C16H25N3O/c1-3-19(4-2)10-9-17-16(20)14-11-13-7-5-6-8-15(13)18-12-14/h5-8,14,18H,3-4,9-12H2,1-2H3,(H,17,20). The molecule has 1 heterocycles. The Bertz CT molecular complexity index is 443. The second kappa shape index (κ2) is 7.29. The lowest BCUT2D eigenvalue weighted by atomic mass is 9.93. The number of para-hydroxylation sites is 1. The summed E-state index contributed by atoms with van der Waals surface area (Å²) in [5.74, 6) is 0.209. The third kappa shape index (κ3) is 3.73. The molecular weight excluding hydrogens is 250 g/mol. The number of hydrogen-bond acceptors (Lipinski definition) is 3. The average molecular weight is 275 g/mol. The van der Waals surface area contributed by atoms with Crippen LogP contribution >= 0.6 is 0 Å². The molecule has 2 N–H and O–H groups in total. The third-order valence-corrected chi connectivity index (χ3v) is 4.02. The summed E-state index contributed by atoms with van der Waals surface area (Å²) < 4.78 is 0. The Morgan fingerprint density at radius 1 is 1.35 bits per heavy atom. The van der Waals surface area contributed by atoms with Crippen molar-refractivity contribution in [2.45, 2.75) is 20.3 Å². The highest BCUT2D eigenvalue weighted by Gasteiger charge is 2.23. The zero-order valence-corrected chi connectivity index (χ0v) is 12.5. The Labute approximate surface area is 121 Å². The summed E-state index contributed by atoms with van der Waals surface area (Å²) >= 11 is 0. The number of benzene rings is 1. The molecule has 0 saturated carbocycles. The summed E-state index contributed by atoms with van der Waals surface area (Å²) in [6, 6.07) is 8.22. The number of anilines is 1.